The highest BCUT2D eigenvalue weighted by Crippen LogP contribution is 2.29. The Hall–Kier alpha value is -4.64. The second kappa shape index (κ2) is 9.69. The van der Waals surface area contributed by atoms with Gasteiger partial charge in [0.1, 0.15) is 11.6 Å². The van der Waals surface area contributed by atoms with Crippen LogP contribution in [0.25, 0.3) is 22.8 Å². The number of carbonyl (C=O) groups is 1. The number of benzene rings is 2. The van der Waals surface area contributed by atoms with Gasteiger partial charge in [0, 0.05) is 11.5 Å². The molecule has 1 amide bonds. The van der Waals surface area contributed by atoms with E-state index in [0.29, 0.717) is 17.3 Å². The molecule has 2 heterocycles. The second-order valence-electron chi connectivity index (χ2n) is 8.14. The molecule has 0 aliphatic carbocycles. The summed E-state index contributed by atoms with van der Waals surface area (Å²) >= 11 is 0. The number of aryl methyl sites for hydroxylation is 3. The minimum Gasteiger partial charge on any atom is -0.493 e. The molecule has 35 heavy (non-hydrogen) atoms. The lowest BCUT2D eigenvalue weighted by Gasteiger charge is -2.12. The first-order valence-electron chi connectivity index (χ1n) is 10.9. The molecule has 0 radical (unpaired) electrons. The van der Waals surface area contributed by atoms with Crippen LogP contribution in [-0.4, -0.2) is 34.9 Å². The molecular formula is C27H25N5O3. The molecule has 0 bridgehead atoms. The van der Waals surface area contributed by atoms with Gasteiger partial charge in [-0.1, -0.05) is 17.7 Å². The average Bonchev–Trinajstić information content (AvgIpc) is 3.25. The molecule has 2 aromatic heterocycles. The maximum Gasteiger partial charge on any atom is 0.249 e. The average molecular weight is 468 g/mol. The number of rotatable bonds is 6. The van der Waals surface area contributed by atoms with E-state index < -0.39 is 5.91 Å². The van der Waals surface area contributed by atoms with Gasteiger partial charge in [0.15, 0.2) is 23.1 Å². The number of hydrogen-bond donors (Lipinski definition) is 1. The van der Waals surface area contributed by atoms with Crippen LogP contribution in [0, 0.1) is 32.1 Å². The summed E-state index contributed by atoms with van der Waals surface area (Å²) in [5.74, 6) is 1.51. The quantitative estimate of drug-likeness (QED) is 0.405. The number of nitriles is 1. The van der Waals surface area contributed by atoms with E-state index in [1.54, 1.807) is 32.4 Å². The first-order chi connectivity index (χ1) is 16.8. The Morgan fingerprint density at radius 1 is 1.06 bits per heavy atom. The standard InChI is InChI=1S/C27H25N5O3/c1-16-10-18(3)26-21(11-16)17(2)12-24(30-26)32-27(20(14-28)15-29-32)31-25(33)9-7-19-6-8-22(34-4)23(13-19)35-5/h6-13,15H,1-5H3,(H,31,33)/b9-7+. The normalized spacial score (nSPS) is 11.0. The molecule has 4 aromatic rings. The molecule has 0 atom stereocenters. The number of anilines is 1. The Balaban J connectivity index is 1.67. The summed E-state index contributed by atoms with van der Waals surface area (Å²) in [6.45, 7) is 6.07. The topological polar surface area (TPSA) is 102 Å². The summed E-state index contributed by atoms with van der Waals surface area (Å²) in [6.07, 6.45) is 4.44. The maximum atomic E-state index is 12.8. The van der Waals surface area contributed by atoms with Crippen molar-refractivity contribution in [1.82, 2.24) is 14.8 Å². The van der Waals surface area contributed by atoms with Crippen molar-refractivity contribution >= 4 is 28.7 Å². The Kier molecular flexibility index (Phi) is 6.51. The SMILES string of the molecule is COc1ccc(/C=C/C(=O)Nc2c(C#N)cnn2-c2cc(C)c3cc(C)cc(C)c3n2)cc1OC. The van der Waals surface area contributed by atoms with Gasteiger partial charge >= 0.3 is 0 Å². The molecule has 0 aliphatic rings. The molecule has 8 heteroatoms. The third kappa shape index (κ3) is 4.70. The highest BCUT2D eigenvalue weighted by atomic mass is 16.5. The molecular weight excluding hydrogens is 442 g/mol. The predicted octanol–water partition coefficient (Wildman–Crippen LogP) is 4.89. The van der Waals surface area contributed by atoms with Crippen molar-refractivity contribution < 1.29 is 14.3 Å². The van der Waals surface area contributed by atoms with Crippen molar-refractivity contribution in [3.63, 3.8) is 0 Å². The van der Waals surface area contributed by atoms with Crippen LogP contribution >= 0.6 is 0 Å². The number of hydrogen-bond acceptors (Lipinski definition) is 6. The zero-order chi connectivity index (χ0) is 25.1. The number of methoxy groups -OCH3 is 2. The molecule has 1 N–H and O–H groups in total. The summed E-state index contributed by atoms with van der Waals surface area (Å²) in [6, 6.07) is 13.5. The van der Waals surface area contributed by atoms with E-state index >= 15 is 0 Å². The third-order valence-corrected chi connectivity index (χ3v) is 5.62. The fourth-order valence-corrected chi connectivity index (χ4v) is 3.95. The number of pyridine rings is 1. The van der Waals surface area contributed by atoms with E-state index in [2.05, 4.69) is 35.5 Å². The summed E-state index contributed by atoms with van der Waals surface area (Å²) in [5, 5.41) is 17.8. The zero-order valence-corrected chi connectivity index (χ0v) is 20.2. The number of amides is 1. The number of aromatic nitrogens is 3. The van der Waals surface area contributed by atoms with E-state index in [9.17, 15) is 10.1 Å². The number of ether oxygens (including phenoxy) is 2. The van der Waals surface area contributed by atoms with Gasteiger partial charge in [-0.15, -0.1) is 0 Å². The Labute approximate surface area is 203 Å². The first kappa shape index (κ1) is 23.5. The van der Waals surface area contributed by atoms with Crippen molar-refractivity contribution in [3.05, 3.63) is 76.5 Å². The third-order valence-electron chi connectivity index (χ3n) is 5.62. The van der Waals surface area contributed by atoms with Gasteiger partial charge < -0.3 is 14.8 Å². The van der Waals surface area contributed by atoms with Gasteiger partial charge in [-0.25, -0.2) is 4.98 Å². The Morgan fingerprint density at radius 3 is 2.54 bits per heavy atom. The zero-order valence-electron chi connectivity index (χ0n) is 20.2. The fourth-order valence-electron chi connectivity index (χ4n) is 3.95. The minimum atomic E-state index is -0.414. The van der Waals surface area contributed by atoms with Gasteiger partial charge in [-0.2, -0.15) is 15.0 Å². The van der Waals surface area contributed by atoms with Crippen molar-refractivity contribution in [3.8, 4) is 23.4 Å². The van der Waals surface area contributed by atoms with Crippen LogP contribution in [0.2, 0.25) is 0 Å². The first-order valence-corrected chi connectivity index (χ1v) is 10.9. The monoisotopic (exact) mass is 467 g/mol. The molecule has 0 spiro atoms. The number of fused-ring (bicyclic) bond motifs is 1. The van der Waals surface area contributed by atoms with Crippen LogP contribution in [0.1, 0.15) is 27.8 Å². The van der Waals surface area contributed by atoms with Crippen LogP contribution in [-0.2, 0) is 4.79 Å². The highest BCUT2D eigenvalue weighted by molar-refractivity contribution is 6.02. The second-order valence-corrected chi connectivity index (χ2v) is 8.14. The van der Waals surface area contributed by atoms with Crippen LogP contribution in [0.5, 0.6) is 11.5 Å². The van der Waals surface area contributed by atoms with Gasteiger partial charge in [0.25, 0.3) is 0 Å². The van der Waals surface area contributed by atoms with E-state index in [1.807, 2.05) is 26.0 Å². The van der Waals surface area contributed by atoms with Crippen LogP contribution in [0.15, 0.2) is 48.7 Å². The molecule has 0 aliphatic heterocycles. The molecule has 0 saturated heterocycles. The van der Waals surface area contributed by atoms with Gasteiger partial charge in [0.2, 0.25) is 5.91 Å². The van der Waals surface area contributed by atoms with Gasteiger partial charge in [-0.3, -0.25) is 4.79 Å². The lowest BCUT2D eigenvalue weighted by Crippen LogP contribution is -2.14. The van der Waals surface area contributed by atoms with Crippen molar-refractivity contribution in [1.29, 1.82) is 5.26 Å². The summed E-state index contributed by atoms with van der Waals surface area (Å²) < 4.78 is 12.0. The van der Waals surface area contributed by atoms with E-state index in [0.717, 1.165) is 33.2 Å². The van der Waals surface area contributed by atoms with E-state index in [-0.39, 0.29) is 11.4 Å². The predicted molar refractivity (Wildman–Crippen MR) is 135 cm³/mol. The lowest BCUT2D eigenvalue weighted by atomic mass is 10.0. The lowest BCUT2D eigenvalue weighted by molar-refractivity contribution is -0.111. The molecule has 0 saturated carbocycles. The van der Waals surface area contributed by atoms with Crippen LogP contribution < -0.4 is 14.8 Å². The minimum absolute atomic E-state index is 0.234. The summed E-state index contributed by atoms with van der Waals surface area (Å²) in [7, 11) is 3.11. The number of nitrogens with zero attached hydrogens (tertiary/aromatic N) is 4. The smallest absolute Gasteiger partial charge is 0.249 e. The Bertz CT molecular complexity index is 1510. The Morgan fingerprint density at radius 2 is 1.83 bits per heavy atom. The van der Waals surface area contributed by atoms with Crippen molar-refractivity contribution in [2.75, 3.05) is 19.5 Å². The van der Waals surface area contributed by atoms with Gasteiger partial charge in [-0.05, 0) is 67.8 Å². The largest absolute Gasteiger partial charge is 0.493 e. The van der Waals surface area contributed by atoms with E-state index in [4.69, 9.17) is 14.5 Å². The van der Waals surface area contributed by atoms with Crippen LogP contribution in [0.3, 0.4) is 0 Å². The summed E-state index contributed by atoms with van der Waals surface area (Å²) in [5.41, 5.74) is 5.07. The van der Waals surface area contributed by atoms with Crippen molar-refractivity contribution in [2.45, 2.75) is 20.8 Å². The van der Waals surface area contributed by atoms with Crippen molar-refractivity contribution in [2.24, 2.45) is 0 Å². The molecule has 0 fully saturated rings. The molecule has 0 unspecified atom stereocenters. The number of nitrogens with one attached hydrogen (secondary N) is 1. The highest BCUT2D eigenvalue weighted by Gasteiger charge is 2.17. The number of carbonyl (C=O) groups excluding carboxylic acids is 1. The van der Waals surface area contributed by atoms with E-state index in [1.165, 1.54) is 17.0 Å². The molecule has 4 rings (SSSR count). The summed E-state index contributed by atoms with van der Waals surface area (Å²) in [4.78, 5) is 17.5. The van der Waals surface area contributed by atoms with Gasteiger partial charge in [0.05, 0.1) is 25.9 Å². The molecule has 8 nitrogen and oxygen atoms in total. The fraction of sp³-hybridized carbons (Fsp3) is 0.185. The molecule has 2 aromatic carbocycles. The molecule has 176 valence electrons. The maximum absolute atomic E-state index is 12.8. The van der Waals surface area contributed by atoms with Crippen LogP contribution in [0.4, 0.5) is 5.82 Å².